The molecule has 0 unspecified atom stereocenters. The highest BCUT2D eigenvalue weighted by Crippen LogP contribution is 2.22. The summed E-state index contributed by atoms with van der Waals surface area (Å²) in [7, 11) is 0. The van der Waals surface area contributed by atoms with Gasteiger partial charge >= 0.3 is 0 Å². The number of aliphatic hydroxyl groups excluding tert-OH is 1. The largest absolute Gasteiger partial charge is 0.388 e. The zero-order valence-electron chi connectivity index (χ0n) is 12.8. The first-order valence-electron chi connectivity index (χ1n) is 7.34. The van der Waals surface area contributed by atoms with Crippen LogP contribution in [0.15, 0.2) is 30.3 Å². The molecule has 0 fully saturated rings. The number of nitrogens with zero attached hydrogens (tertiary/aromatic N) is 1. The lowest BCUT2D eigenvalue weighted by atomic mass is 10.1. The van der Waals surface area contributed by atoms with Crippen LogP contribution < -0.4 is 10.6 Å². The minimum Gasteiger partial charge on any atom is -0.388 e. The van der Waals surface area contributed by atoms with Crippen LogP contribution in [0.2, 0.25) is 0 Å². The predicted octanol–water partition coefficient (Wildman–Crippen LogP) is 2.74. The molecule has 0 saturated carbocycles. The second kappa shape index (κ2) is 7.91. The number of aromatic nitrogens is 1. The van der Waals surface area contributed by atoms with Gasteiger partial charge in [0.15, 0.2) is 5.13 Å². The van der Waals surface area contributed by atoms with E-state index in [4.69, 9.17) is 0 Å². The fraction of sp³-hybridized carbons (Fsp3) is 0.375. The fourth-order valence-corrected chi connectivity index (χ4v) is 3.03. The molecular formula is C16H21N3O2S. The summed E-state index contributed by atoms with van der Waals surface area (Å²) in [4.78, 5) is 17.1. The van der Waals surface area contributed by atoms with Crippen molar-refractivity contribution >= 4 is 22.4 Å². The first-order valence-corrected chi connectivity index (χ1v) is 8.16. The van der Waals surface area contributed by atoms with Gasteiger partial charge in [-0.05, 0) is 25.8 Å². The van der Waals surface area contributed by atoms with Crippen LogP contribution in [0.25, 0.3) is 0 Å². The van der Waals surface area contributed by atoms with Crippen molar-refractivity contribution in [3.63, 3.8) is 0 Å². The number of carbonyl (C=O) groups is 1. The van der Waals surface area contributed by atoms with Crippen LogP contribution in [0, 0.1) is 6.92 Å². The van der Waals surface area contributed by atoms with Crippen molar-refractivity contribution in [2.45, 2.75) is 26.4 Å². The molecule has 3 N–H and O–H groups in total. The summed E-state index contributed by atoms with van der Waals surface area (Å²) in [5.74, 6) is -0.139. The van der Waals surface area contributed by atoms with Gasteiger partial charge in [-0.3, -0.25) is 4.79 Å². The molecule has 0 aliphatic carbocycles. The van der Waals surface area contributed by atoms with Gasteiger partial charge in [-0.25, -0.2) is 4.98 Å². The highest BCUT2D eigenvalue weighted by molar-refractivity contribution is 7.17. The molecule has 5 nitrogen and oxygen atoms in total. The van der Waals surface area contributed by atoms with Gasteiger partial charge in [0.25, 0.3) is 5.91 Å². The van der Waals surface area contributed by atoms with Crippen LogP contribution in [0.5, 0.6) is 0 Å². The Kier molecular flexibility index (Phi) is 5.91. The van der Waals surface area contributed by atoms with E-state index in [0.29, 0.717) is 17.8 Å². The lowest BCUT2D eigenvalue weighted by Crippen LogP contribution is -2.25. The highest BCUT2D eigenvalue weighted by atomic mass is 32.1. The quantitative estimate of drug-likeness (QED) is 0.733. The molecule has 0 saturated heterocycles. The zero-order chi connectivity index (χ0) is 15.9. The van der Waals surface area contributed by atoms with E-state index in [2.05, 4.69) is 15.6 Å². The summed E-state index contributed by atoms with van der Waals surface area (Å²) < 4.78 is 0. The number of nitrogens with one attached hydrogen (secondary N) is 2. The lowest BCUT2D eigenvalue weighted by molar-refractivity contribution is 0.0946. The number of hydrogen-bond donors (Lipinski definition) is 3. The van der Waals surface area contributed by atoms with Crippen LogP contribution in [-0.2, 0) is 0 Å². The highest BCUT2D eigenvalue weighted by Gasteiger charge is 2.15. The Bertz CT molecular complexity index is 613. The van der Waals surface area contributed by atoms with E-state index in [1.165, 1.54) is 11.3 Å². The molecule has 118 valence electrons. The molecule has 22 heavy (non-hydrogen) atoms. The maximum absolute atomic E-state index is 12.2. The summed E-state index contributed by atoms with van der Waals surface area (Å²) >= 11 is 1.35. The molecule has 6 heteroatoms. The summed E-state index contributed by atoms with van der Waals surface area (Å²) in [6.45, 7) is 5.01. The molecule has 0 radical (unpaired) electrons. The minimum atomic E-state index is -0.568. The van der Waals surface area contributed by atoms with Crippen molar-refractivity contribution in [2.75, 3.05) is 18.4 Å². The number of carbonyl (C=O) groups excluding carboxylic acids is 1. The van der Waals surface area contributed by atoms with Crippen molar-refractivity contribution in [3.8, 4) is 0 Å². The van der Waals surface area contributed by atoms with E-state index in [9.17, 15) is 9.90 Å². The normalized spacial score (nSPS) is 12.0. The Hall–Kier alpha value is -1.92. The number of amides is 1. The van der Waals surface area contributed by atoms with Gasteiger partial charge in [-0.15, -0.1) is 0 Å². The van der Waals surface area contributed by atoms with Gasteiger partial charge in [0.2, 0.25) is 0 Å². The molecule has 1 aromatic heterocycles. The number of rotatable bonds is 7. The summed E-state index contributed by atoms with van der Waals surface area (Å²) in [5.41, 5.74) is 1.59. The average Bonchev–Trinajstić information content (AvgIpc) is 2.89. The van der Waals surface area contributed by atoms with Gasteiger partial charge in [0.05, 0.1) is 11.8 Å². The topological polar surface area (TPSA) is 74.2 Å². The lowest BCUT2D eigenvalue weighted by Gasteiger charge is -2.11. The van der Waals surface area contributed by atoms with Gasteiger partial charge in [0.1, 0.15) is 4.88 Å². The minimum absolute atomic E-state index is 0.139. The fourth-order valence-electron chi connectivity index (χ4n) is 2.08. The molecule has 0 aliphatic heterocycles. The Morgan fingerprint density at radius 2 is 2.09 bits per heavy atom. The van der Waals surface area contributed by atoms with Crippen LogP contribution >= 0.6 is 11.3 Å². The monoisotopic (exact) mass is 319 g/mol. The molecular weight excluding hydrogens is 298 g/mol. The smallest absolute Gasteiger partial charge is 0.263 e. The summed E-state index contributed by atoms with van der Waals surface area (Å²) in [5, 5.41) is 16.8. The summed E-state index contributed by atoms with van der Waals surface area (Å²) in [6.07, 6.45) is -0.0883. The van der Waals surface area contributed by atoms with Crippen molar-refractivity contribution in [1.29, 1.82) is 0 Å². The zero-order valence-corrected chi connectivity index (χ0v) is 13.6. The van der Waals surface area contributed by atoms with Crippen LogP contribution in [0.1, 0.15) is 40.4 Å². The van der Waals surface area contributed by atoms with E-state index in [-0.39, 0.29) is 5.91 Å². The molecule has 1 atom stereocenters. The van der Waals surface area contributed by atoms with E-state index in [1.807, 2.05) is 44.2 Å². The second-order valence-electron chi connectivity index (χ2n) is 4.93. The number of aryl methyl sites for hydroxylation is 1. The Morgan fingerprint density at radius 3 is 2.77 bits per heavy atom. The van der Waals surface area contributed by atoms with Crippen molar-refractivity contribution in [3.05, 3.63) is 46.5 Å². The van der Waals surface area contributed by atoms with Crippen LogP contribution in [0.4, 0.5) is 5.13 Å². The van der Waals surface area contributed by atoms with Gasteiger partial charge in [0, 0.05) is 13.1 Å². The van der Waals surface area contributed by atoms with Crippen LogP contribution in [-0.4, -0.2) is 29.1 Å². The maximum Gasteiger partial charge on any atom is 0.263 e. The number of benzene rings is 1. The molecule has 2 aromatic rings. The standard InChI is InChI=1S/C16H21N3O2S/c1-3-17-16-19-11(2)14(22-16)15(21)18-10-9-13(20)12-7-5-4-6-8-12/h4-8,13,20H,3,9-10H2,1-2H3,(H,17,19)(H,18,21)/t13-/m0/s1. The van der Waals surface area contributed by atoms with E-state index >= 15 is 0 Å². The van der Waals surface area contributed by atoms with E-state index in [1.54, 1.807) is 0 Å². The molecule has 0 spiro atoms. The Labute approximate surface area is 134 Å². The van der Waals surface area contributed by atoms with Gasteiger partial charge in [-0.2, -0.15) is 0 Å². The third kappa shape index (κ3) is 4.29. The SMILES string of the molecule is CCNc1nc(C)c(C(=O)NCC[C@H](O)c2ccccc2)s1. The number of aliphatic hydroxyl groups is 1. The molecule has 1 aromatic carbocycles. The average molecular weight is 319 g/mol. The first kappa shape index (κ1) is 16.5. The predicted molar refractivity (Wildman–Crippen MR) is 89.4 cm³/mol. The molecule has 2 rings (SSSR count). The van der Waals surface area contributed by atoms with Crippen molar-refractivity contribution < 1.29 is 9.90 Å². The molecule has 1 amide bonds. The number of hydrogen-bond acceptors (Lipinski definition) is 5. The third-order valence-electron chi connectivity index (χ3n) is 3.22. The summed E-state index contributed by atoms with van der Waals surface area (Å²) in [6, 6.07) is 9.44. The Morgan fingerprint density at radius 1 is 1.36 bits per heavy atom. The van der Waals surface area contributed by atoms with Gasteiger partial charge in [-0.1, -0.05) is 41.7 Å². The second-order valence-corrected chi connectivity index (χ2v) is 5.93. The Balaban J connectivity index is 1.85. The first-order chi connectivity index (χ1) is 10.6. The third-order valence-corrected chi connectivity index (χ3v) is 4.33. The van der Waals surface area contributed by atoms with E-state index < -0.39 is 6.10 Å². The van der Waals surface area contributed by atoms with Crippen molar-refractivity contribution in [2.24, 2.45) is 0 Å². The van der Waals surface area contributed by atoms with Gasteiger partial charge < -0.3 is 15.7 Å². The molecule has 1 heterocycles. The van der Waals surface area contributed by atoms with Crippen molar-refractivity contribution in [1.82, 2.24) is 10.3 Å². The van der Waals surface area contributed by atoms with Crippen LogP contribution in [0.3, 0.4) is 0 Å². The number of thiazole rings is 1. The maximum atomic E-state index is 12.2. The molecule has 0 aliphatic rings. The number of anilines is 1. The van der Waals surface area contributed by atoms with E-state index in [0.717, 1.165) is 22.9 Å². The molecule has 0 bridgehead atoms.